The Morgan fingerprint density at radius 2 is 2.06 bits per heavy atom. The lowest BCUT2D eigenvalue weighted by Gasteiger charge is -2.10. The highest BCUT2D eigenvalue weighted by Gasteiger charge is 2.04. The summed E-state index contributed by atoms with van der Waals surface area (Å²) in [6.45, 7) is 2.47. The number of halogens is 1. The molecule has 94 valence electrons. The van der Waals surface area contributed by atoms with Crippen LogP contribution in [-0.2, 0) is 6.61 Å². The highest BCUT2D eigenvalue weighted by Crippen LogP contribution is 2.22. The molecule has 0 fully saturated rings. The number of methoxy groups -OCH3 is 1. The lowest BCUT2D eigenvalue weighted by molar-refractivity contribution is 0.295. The van der Waals surface area contributed by atoms with Crippen molar-refractivity contribution in [2.24, 2.45) is 0 Å². The van der Waals surface area contributed by atoms with Crippen molar-refractivity contribution in [3.8, 4) is 11.5 Å². The standard InChI is InChI=1S/C14H14ClNO2/c1-10-3-5-13(17-2)11(7-10)9-18-12-4-6-14(15)16-8-12/h3-8H,9H2,1-2H3. The van der Waals surface area contributed by atoms with E-state index in [-0.39, 0.29) is 0 Å². The van der Waals surface area contributed by atoms with Crippen molar-refractivity contribution in [1.29, 1.82) is 0 Å². The molecule has 1 aromatic carbocycles. The SMILES string of the molecule is COc1ccc(C)cc1COc1ccc(Cl)nc1. The number of pyridine rings is 1. The van der Waals surface area contributed by atoms with Crippen LogP contribution in [0.4, 0.5) is 0 Å². The minimum Gasteiger partial charge on any atom is -0.496 e. The highest BCUT2D eigenvalue weighted by molar-refractivity contribution is 6.29. The van der Waals surface area contributed by atoms with Gasteiger partial charge in [0.1, 0.15) is 23.3 Å². The van der Waals surface area contributed by atoms with Crippen LogP contribution in [0.25, 0.3) is 0 Å². The Labute approximate surface area is 111 Å². The number of rotatable bonds is 4. The molecule has 2 aromatic rings. The molecule has 0 aliphatic rings. The van der Waals surface area contributed by atoms with Gasteiger partial charge < -0.3 is 9.47 Å². The van der Waals surface area contributed by atoms with Crippen LogP contribution in [-0.4, -0.2) is 12.1 Å². The van der Waals surface area contributed by atoms with Gasteiger partial charge in [-0.25, -0.2) is 4.98 Å². The third-order valence-electron chi connectivity index (χ3n) is 2.53. The second-order valence-corrected chi connectivity index (χ2v) is 4.31. The number of nitrogens with zero attached hydrogens (tertiary/aromatic N) is 1. The molecule has 0 aliphatic heterocycles. The molecule has 0 saturated carbocycles. The Kier molecular flexibility index (Phi) is 4.05. The first-order valence-electron chi connectivity index (χ1n) is 5.57. The molecule has 0 spiro atoms. The molecule has 0 saturated heterocycles. The van der Waals surface area contributed by atoms with Gasteiger partial charge in [-0.3, -0.25) is 0 Å². The van der Waals surface area contributed by atoms with E-state index in [1.807, 2.05) is 25.1 Å². The van der Waals surface area contributed by atoms with Gasteiger partial charge >= 0.3 is 0 Å². The summed E-state index contributed by atoms with van der Waals surface area (Å²) in [5.74, 6) is 1.51. The van der Waals surface area contributed by atoms with Crippen LogP contribution in [0.1, 0.15) is 11.1 Å². The van der Waals surface area contributed by atoms with Gasteiger partial charge in [-0.1, -0.05) is 23.2 Å². The van der Waals surface area contributed by atoms with E-state index in [0.717, 1.165) is 11.3 Å². The summed E-state index contributed by atoms with van der Waals surface area (Å²) in [5.41, 5.74) is 2.18. The second-order valence-electron chi connectivity index (χ2n) is 3.92. The van der Waals surface area contributed by atoms with Crippen molar-refractivity contribution in [2.45, 2.75) is 13.5 Å². The van der Waals surface area contributed by atoms with Crippen LogP contribution >= 0.6 is 11.6 Å². The minimum atomic E-state index is 0.439. The molecular formula is C14H14ClNO2. The molecule has 0 bridgehead atoms. The normalized spacial score (nSPS) is 10.2. The fourth-order valence-electron chi connectivity index (χ4n) is 1.63. The van der Waals surface area contributed by atoms with E-state index in [4.69, 9.17) is 21.1 Å². The van der Waals surface area contributed by atoms with Gasteiger partial charge in [0, 0.05) is 5.56 Å². The molecule has 0 aliphatic carbocycles. The summed E-state index contributed by atoms with van der Waals surface area (Å²) >= 11 is 5.71. The number of aryl methyl sites for hydroxylation is 1. The zero-order chi connectivity index (χ0) is 13.0. The molecule has 0 N–H and O–H groups in total. The largest absolute Gasteiger partial charge is 0.496 e. The van der Waals surface area contributed by atoms with Crippen molar-refractivity contribution < 1.29 is 9.47 Å². The van der Waals surface area contributed by atoms with Gasteiger partial charge in [0.05, 0.1) is 13.3 Å². The van der Waals surface area contributed by atoms with Crippen LogP contribution in [0.2, 0.25) is 5.15 Å². The van der Waals surface area contributed by atoms with Crippen LogP contribution in [0.15, 0.2) is 36.5 Å². The van der Waals surface area contributed by atoms with Crippen molar-refractivity contribution >= 4 is 11.6 Å². The maximum atomic E-state index is 5.71. The molecule has 0 amide bonds. The number of ether oxygens (including phenoxy) is 2. The Balaban J connectivity index is 2.09. The molecular weight excluding hydrogens is 250 g/mol. The Bertz CT molecular complexity index is 526. The van der Waals surface area contributed by atoms with Crippen molar-refractivity contribution in [3.05, 3.63) is 52.8 Å². The highest BCUT2D eigenvalue weighted by atomic mass is 35.5. The predicted molar refractivity (Wildman–Crippen MR) is 71.3 cm³/mol. The van der Waals surface area contributed by atoms with Gasteiger partial charge in [-0.2, -0.15) is 0 Å². The van der Waals surface area contributed by atoms with Crippen molar-refractivity contribution in [3.63, 3.8) is 0 Å². The molecule has 18 heavy (non-hydrogen) atoms. The van der Waals surface area contributed by atoms with E-state index in [2.05, 4.69) is 4.98 Å². The number of aromatic nitrogens is 1. The van der Waals surface area contributed by atoms with Crippen molar-refractivity contribution in [2.75, 3.05) is 7.11 Å². The van der Waals surface area contributed by atoms with Crippen LogP contribution < -0.4 is 9.47 Å². The van der Waals surface area contributed by atoms with Crippen LogP contribution in [0, 0.1) is 6.92 Å². The van der Waals surface area contributed by atoms with Crippen LogP contribution in [0.3, 0.4) is 0 Å². The van der Waals surface area contributed by atoms with E-state index in [0.29, 0.717) is 17.5 Å². The monoisotopic (exact) mass is 263 g/mol. The van der Waals surface area contributed by atoms with Gasteiger partial charge in [0.15, 0.2) is 0 Å². The van der Waals surface area contributed by atoms with E-state index in [1.54, 1.807) is 25.4 Å². The minimum absolute atomic E-state index is 0.439. The van der Waals surface area contributed by atoms with Crippen molar-refractivity contribution in [1.82, 2.24) is 4.98 Å². The first-order chi connectivity index (χ1) is 8.69. The molecule has 0 unspecified atom stereocenters. The maximum Gasteiger partial charge on any atom is 0.138 e. The number of benzene rings is 1. The fourth-order valence-corrected chi connectivity index (χ4v) is 1.74. The van der Waals surface area contributed by atoms with Crippen LogP contribution in [0.5, 0.6) is 11.5 Å². The third-order valence-corrected chi connectivity index (χ3v) is 2.75. The molecule has 3 nitrogen and oxygen atoms in total. The van der Waals surface area contributed by atoms with Gasteiger partial charge in [-0.05, 0) is 31.2 Å². The first kappa shape index (κ1) is 12.7. The molecule has 1 heterocycles. The molecule has 0 radical (unpaired) electrons. The topological polar surface area (TPSA) is 31.4 Å². The predicted octanol–water partition coefficient (Wildman–Crippen LogP) is 3.63. The zero-order valence-corrected chi connectivity index (χ0v) is 11.1. The summed E-state index contributed by atoms with van der Waals surface area (Å²) in [6, 6.07) is 9.48. The Hall–Kier alpha value is -1.74. The third kappa shape index (κ3) is 3.14. The quantitative estimate of drug-likeness (QED) is 0.790. The number of hydrogen-bond donors (Lipinski definition) is 0. The maximum absolute atomic E-state index is 5.71. The van der Waals surface area contributed by atoms with Gasteiger partial charge in [-0.15, -0.1) is 0 Å². The zero-order valence-electron chi connectivity index (χ0n) is 10.3. The molecule has 0 atom stereocenters. The van der Waals surface area contributed by atoms with E-state index in [9.17, 15) is 0 Å². The molecule has 1 aromatic heterocycles. The average molecular weight is 264 g/mol. The number of hydrogen-bond acceptors (Lipinski definition) is 3. The summed E-state index contributed by atoms with van der Waals surface area (Å²) in [6.07, 6.45) is 1.60. The summed E-state index contributed by atoms with van der Waals surface area (Å²) < 4.78 is 10.9. The summed E-state index contributed by atoms with van der Waals surface area (Å²) in [7, 11) is 1.65. The second kappa shape index (κ2) is 5.74. The van der Waals surface area contributed by atoms with Gasteiger partial charge in [0.2, 0.25) is 0 Å². The summed E-state index contributed by atoms with van der Waals surface area (Å²) in [5, 5.41) is 0.454. The fraction of sp³-hybridized carbons (Fsp3) is 0.214. The molecule has 4 heteroatoms. The van der Waals surface area contributed by atoms with E-state index < -0.39 is 0 Å². The Morgan fingerprint density at radius 1 is 1.22 bits per heavy atom. The molecule has 2 rings (SSSR count). The smallest absolute Gasteiger partial charge is 0.138 e. The van der Waals surface area contributed by atoms with Gasteiger partial charge in [0.25, 0.3) is 0 Å². The summed E-state index contributed by atoms with van der Waals surface area (Å²) in [4.78, 5) is 3.96. The lowest BCUT2D eigenvalue weighted by atomic mass is 10.1. The van der Waals surface area contributed by atoms with E-state index in [1.165, 1.54) is 5.56 Å². The average Bonchev–Trinajstić information content (AvgIpc) is 2.38. The lowest BCUT2D eigenvalue weighted by Crippen LogP contribution is -1.99. The Morgan fingerprint density at radius 3 is 2.72 bits per heavy atom. The first-order valence-corrected chi connectivity index (χ1v) is 5.94. The van der Waals surface area contributed by atoms with E-state index >= 15 is 0 Å².